The van der Waals surface area contributed by atoms with Gasteiger partial charge in [-0.3, -0.25) is 9.97 Å². The Morgan fingerprint density at radius 2 is 1.83 bits per heavy atom. The van der Waals surface area contributed by atoms with Crippen molar-refractivity contribution in [1.29, 1.82) is 0 Å². The minimum atomic E-state index is 0.409. The average Bonchev–Trinajstić information content (AvgIpc) is 3.70. The number of rotatable bonds is 10. The van der Waals surface area contributed by atoms with E-state index in [2.05, 4.69) is 79.1 Å². The van der Waals surface area contributed by atoms with Crippen LogP contribution in [0.1, 0.15) is 24.8 Å². The van der Waals surface area contributed by atoms with Gasteiger partial charge in [-0.25, -0.2) is 4.98 Å². The normalized spacial score (nSPS) is 16.7. The lowest BCUT2D eigenvalue weighted by Gasteiger charge is -2.25. The standard InChI is InChI=1S/C30H36ClN9OS/c1-18-14-24(26(41-4)15-25(18)39-13-10-20(17-39)38(2)3)36-30-34-16-21(31)29(37-30)35-23-9-8-22-27(33-12-11-32-22)28(23)40(42-5)19-6-7-19/h8-9,11-12,14-16,19-20H,6-7,10,13,17H2,1-5H3,(H2,34,35,36,37). The zero-order valence-electron chi connectivity index (χ0n) is 24.6. The van der Waals surface area contributed by atoms with Crippen molar-refractivity contribution in [2.75, 3.05) is 60.4 Å². The lowest BCUT2D eigenvalue weighted by Crippen LogP contribution is -2.31. The summed E-state index contributed by atoms with van der Waals surface area (Å²) in [6, 6.07) is 9.16. The number of methoxy groups -OCH3 is 1. The van der Waals surface area contributed by atoms with E-state index in [-0.39, 0.29) is 0 Å². The molecule has 2 N–H and O–H groups in total. The summed E-state index contributed by atoms with van der Waals surface area (Å²) in [5.41, 5.74) is 6.64. The smallest absolute Gasteiger partial charge is 0.229 e. The van der Waals surface area contributed by atoms with Crippen LogP contribution in [0, 0.1) is 6.92 Å². The van der Waals surface area contributed by atoms with Crippen molar-refractivity contribution in [2.45, 2.75) is 38.3 Å². The van der Waals surface area contributed by atoms with E-state index in [0.717, 1.165) is 71.8 Å². The molecule has 0 amide bonds. The molecular weight excluding hydrogens is 570 g/mol. The highest BCUT2D eigenvalue weighted by Gasteiger charge is 2.32. The number of hydrogen-bond donors (Lipinski definition) is 2. The molecule has 0 bridgehead atoms. The van der Waals surface area contributed by atoms with Crippen LogP contribution in [0.2, 0.25) is 5.02 Å². The van der Waals surface area contributed by atoms with E-state index in [1.165, 1.54) is 5.69 Å². The van der Waals surface area contributed by atoms with Crippen LogP contribution < -0.4 is 24.6 Å². The van der Waals surface area contributed by atoms with Gasteiger partial charge >= 0.3 is 0 Å². The number of nitrogens with one attached hydrogen (secondary N) is 2. The van der Waals surface area contributed by atoms with E-state index in [4.69, 9.17) is 21.3 Å². The minimum absolute atomic E-state index is 0.409. The number of ether oxygens (including phenoxy) is 1. The van der Waals surface area contributed by atoms with Crippen LogP contribution in [0.3, 0.4) is 0 Å². The van der Waals surface area contributed by atoms with Gasteiger partial charge in [-0.1, -0.05) is 23.5 Å². The third kappa shape index (κ3) is 5.73. The molecule has 220 valence electrons. The van der Waals surface area contributed by atoms with Crippen molar-refractivity contribution < 1.29 is 4.74 Å². The fourth-order valence-electron chi connectivity index (χ4n) is 5.51. The third-order valence-electron chi connectivity index (χ3n) is 7.91. The molecule has 1 aliphatic heterocycles. The van der Waals surface area contributed by atoms with Crippen LogP contribution in [0.4, 0.5) is 34.5 Å². The average molecular weight is 606 g/mol. The number of aromatic nitrogens is 4. The van der Waals surface area contributed by atoms with Gasteiger partial charge in [-0.15, -0.1) is 0 Å². The second-order valence-corrected chi connectivity index (χ2v) is 12.1. The van der Waals surface area contributed by atoms with E-state index in [9.17, 15) is 0 Å². The van der Waals surface area contributed by atoms with Gasteiger partial charge in [0.15, 0.2) is 5.82 Å². The van der Waals surface area contributed by atoms with Crippen LogP contribution in [0.15, 0.2) is 42.9 Å². The van der Waals surface area contributed by atoms with Gasteiger partial charge in [-0.2, -0.15) is 4.98 Å². The van der Waals surface area contributed by atoms with Gasteiger partial charge in [0.05, 0.1) is 35.9 Å². The number of anilines is 6. The van der Waals surface area contributed by atoms with Gasteiger partial charge in [0.1, 0.15) is 16.3 Å². The van der Waals surface area contributed by atoms with E-state index in [1.54, 1.807) is 37.6 Å². The van der Waals surface area contributed by atoms with Crippen molar-refractivity contribution in [3.8, 4) is 5.75 Å². The monoisotopic (exact) mass is 605 g/mol. The fourth-order valence-corrected chi connectivity index (χ4v) is 6.52. The molecule has 1 saturated carbocycles. The maximum absolute atomic E-state index is 6.62. The van der Waals surface area contributed by atoms with Gasteiger partial charge in [-0.05, 0) is 64.0 Å². The van der Waals surface area contributed by atoms with Crippen molar-refractivity contribution in [3.05, 3.63) is 53.4 Å². The van der Waals surface area contributed by atoms with E-state index < -0.39 is 0 Å². The van der Waals surface area contributed by atoms with Crippen LogP contribution in [-0.4, -0.2) is 77.5 Å². The quantitative estimate of drug-likeness (QED) is 0.200. The molecule has 4 aromatic rings. The number of fused-ring (bicyclic) bond motifs is 1. The molecule has 2 aliphatic rings. The lowest BCUT2D eigenvalue weighted by molar-refractivity contribution is 0.315. The zero-order valence-corrected chi connectivity index (χ0v) is 26.1. The predicted molar refractivity (Wildman–Crippen MR) is 174 cm³/mol. The van der Waals surface area contributed by atoms with E-state index in [0.29, 0.717) is 28.9 Å². The number of benzene rings is 2. The Hall–Kier alpha value is -3.54. The molecule has 1 atom stereocenters. The molecule has 2 fully saturated rings. The Morgan fingerprint density at radius 1 is 1.02 bits per heavy atom. The second kappa shape index (κ2) is 12.0. The summed E-state index contributed by atoms with van der Waals surface area (Å²) in [6.07, 6.45) is 10.6. The Morgan fingerprint density at radius 3 is 2.55 bits per heavy atom. The maximum atomic E-state index is 6.62. The highest BCUT2D eigenvalue weighted by Crippen LogP contribution is 2.44. The fraction of sp³-hybridized carbons (Fsp3) is 0.400. The highest BCUT2D eigenvalue weighted by atomic mass is 35.5. The summed E-state index contributed by atoms with van der Waals surface area (Å²) in [5.74, 6) is 1.63. The Balaban J connectivity index is 1.29. The Bertz CT molecular complexity index is 1600. The third-order valence-corrected chi connectivity index (χ3v) is 9.06. The van der Waals surface area contributed by atoms with E-state index >= 15 is 0 Å². The maximum Gasteiger partial charge on any atom is 0.229 e. The topological polar surface area (TPSA) is 94.6 Å². The number of nitrogens with zero attached hydrogens (tertiary/aromatic N) is 7. The zero-order chi connectivity index (χ0) is 29.4. The number of hydrogen-bond acceptors (Lipinski definition) is 11. The number of halogens is 1. The molecule has 2 aromatic carbocycles. The SMILES string of the molecule is COc1cc(N2CCC(N(C)C)C2)c(C)cc1Nc1ncc(Cl)c(Nc2ccc3nccnc3c2N(SC)C2CC2)n1. The summed E-state index contributed by atoms with van der Waals surface area (Å²) in [7, 11) is 5.97. The molecule has 1 unspecified atom stereocenters. The molecule has 2 aromatic heterocycles. The molecule has 0 spiro atoms. The summed E-state index contributed by atoms with van der Waals surface area (Å²) >= 11 is 8.31. The van der Waals surface area contributed by atoms with Crippen LogP contribution >= 0.6 is 23.5 Å². The van der Waals surface area contributed by atoms with Gasteiger partial charge in [0.25, 0.3) is 0 Å². The first-order chi connectivity index (χ1) is 20.4. The number of aryl methyl sites for hydroxylation is 1. The Labute approximate surface area is 256 Å². The first-order valence-electron chi connectivity index (χ1n) is 14.1. The molecular formula is C30H36ClN9OS. The molecule has 1 aliphatic carbocycles. The van der Waals surface area contributed by atoms with Crippen LogP contribution in [0.25, 0.3) is 11.0 Å². The minimum Gasteiger partial charge on any atom is -0.494 e. The molecule has 12 heteroatoms. The van der Waals surface area contributed by atoms with Crippen LogP contribution in [-0.2, 0) is 0 Å². The lowest BCUT2D eigenvalue weighted by atomic mass is 10.1. The van der Waals surface area contributed by atoms with Crippen molar-refractivity contribution in [2.24, 2.45) is 0 Å². The summed E-state index contributed by atoms with van der Waals surface area (Å²) in [4.78, 5) is 23.2. The Kier molecular flexibility index (Phi) is 8.15. The molecule has 1 saturated heterocycles. The largest absolute Gasteiger partial charge is 0.494 e. The van der Waals surface area contributed by atoms with Gasteiger partial charge in [0, 0.05) is 55.6 Å². The summed E-state index contributed by atoms with van der Waals surface area (Å²) in [5, 5.41) is 7.24. The molecule has 6 rings (SSSR count). The van der Waals surface area contributed by atoms with Gasteiger partial charge < -0.3 is 29.5 Å². The summed E-state index contributed by atoms with van der Waals surface area (Å²) in [6.45, 7) is 4.14. The van der Waals surface area contributed by atoms with Crippen LogP contribution in [0.5, 0.6) is 5.75 Å². The van der Waals surface area contributed by atoms with Gasteiger partial charge in [0.2, 0.25) is 5.95 Å². The highest BCUT2D eigenvalue weighted by molar-refractivity contribution is 8.00. The number of likely N-dealkylation sites (N-methyl/N-ethyl adjacent to an activating group) is 1. The van der Waals surface area contributed by atoms with E-state index in [1.807, 2.05) is 12.1 Å². The van der Waals surface area contributed by atoms with Crippen molar-refractivity contribution in [1.82, 2.24) is 24.8 Å². The summed E-state index contributed by atoms with van der Waals surface area (Å²) < 4.78 is 8.11. The van der Waals surface area contributed by atoms with Crippen molar-refractivity contribution in [3.63, 3.8) is 0 Å². The molecule has 0 radical (unpaired) electrons. The molecule has 10 nitrogen and oxygen atoms in total. The first kappa shape index (κ1) is 28.6. The van der Waals surface area contributed by atoms with Crippen molar-refractivity contribution >= 4 is 69.1 Å². The first-order valence-corrected chi connectivity index (χ1v) is 15.7. The molecule has 3 heterocycles. The second-order valence-electron chi connectivity index (χ2n) is 11.0. The predicted octanol–water partition coefficient (Wildman–Crippen LogP) is 6.26. The molecule has 42 heavy (non-hydrogen) atoms.